The Bertz CT molecular complexity index is 1050. The molecule has 1 aliphatic rings. The van der Waals surface area contributed by atoms with E-state index in [0.29, 0.717) is 30.2 Å². The van der Waals surface area contributed by atoms with Gasteiger partial charge in [-0.05, 0) is 38.0 Å². The average molecular weight is 399 g/mol. The fourth-order valence-corrected chi connectivity index (χ4v) is 3.75. The van der Waals surface area contributed by atoms with Crippen LogP contribution >= 0.6 is 0 Å². The van der Waals surface area contributed by atoms with E-state index in [4.69, 9.17) is 0 Å². The van der Waals surface area contributed by atoms with Crippen molar-refractivity contribution in [2.24, 2.45) is 0 Å². The summed E-state index contributed by atoms with van der Waals surface area (Å²) in [6, 6.07) is 6.68. The van der Waals surface area contributed by atoms with Gasteiger partial charge in [0.25, 0.3) is 6.43 Å². The summed E-state index contributed by atoms with van der Waals surface area (Å²) in [6.45, 7) is 6.61. The van der Waals surface area contributed by atoms with Crippen LogP contribution in [0.1, 0.15) is 41.8 Å². The number of aliphatic hydroxyl groups is 1. The predicted molar refractivity (Wildman–Crippen MR) is 108 cm³/mol. The van der Waals surface area contributed by atoms with Crippen LogP contribution in [-0.2, 0) is 0 Å². The minimum absolute atomic E-state index is 0.0382. The number of hydrogen-bond donors (Lipinski definition) is 2. The molecule has 6 nitrogen and oxygen atoms in total. The maximum absolute atomic E-state index is 13.3. The van der Waals surface area contributed by atoms with Crippen LogP contribution in [-0.4, -0.2) is 39.5 Å². The summed E-state index contributed by atoms with van der Waals surface area (Å²) >= 11 is 0. The van der Waals surface area contributed by atoms with Crippen LogP contribution in [0.5, 0.6) is 0 Å². The molecule has 1 atom stereocenters. The van der Waals surface area contributed by atoms with Crippen molar-refractivity contribution in [3.8, 4) is 0 Å². The van der Waals surface area contributed by atoms with Crippen molar-refractivity contribution in [1.29, 1.82) is 0 Å². The highest BCUT2D eigenvalue weighted by atomic mass is 19.3. The zero-order chi connectivity index (χ0) is 20.7. The van der Waals surface area contributed by atoms with E-state index < -0.39 is 6.43 Å². The number of aromatic nitrogens is 3. The minimum Gasteiger partial charge on any atom is -0.389 e. The third-order valence-electron chi connectivity index (χ3n) is 5.47. The van der Waals surface area contributed by atoms with Gasteiger partial charge in [0.05, 0.1) is 35.2 Å². The minimum atomic E-state index is -2.51. The first-order valence-corrected chi connectivity index (χ1v) is 9.55. The summed E-state index contributed by atoms with van der Waals surface area (Å²) in [6.07, 6.45) is -1.06. The molecule has 1 fully saturated rings. The zero-order valence-corrected chi connectivity index (χ0v) is 16.5. The number of benzene rings is 1. The molecule has 3 aromatic rings. The smallest absolute Gasteiger partial charge is 0.264 e. The van der Waals surface area contributed by atoms with Crippen LogP contribution in [0.3, 0.4) is 0 Å². The molecule has 4 rings (SSSR count). The van der Waals surface area contributed by atoms with Crippen molar-refractivity contribution in [1.82, 2.24) is 15.2 Å². The number of aryl methyl sites for hydroxylation is 1. The molecule has 0 spiro atoms. The Hall–Kier alpha value is -2.87. The number of nitrogens with zero attached hydrogens (tertiary/aromatic N) is 4. The Morgan fingerprint density at radius 2 is 1.90 bits per heavy atom. The Morgan fingerprint density at radius 1 is 1.17 bits per heavy atom. The SMILES string of the molecule is Cc1c(C(F)F)cccc1[C@@H](C)Nc1nnc(C)c2ncc(N3CC(O)C3)cc12. The van der Waals surface area contributed by atoms with Gasteiger partial charge in [-0.3, -0.25) is 4.98 Å². The number of fused-ring (bicyclic) bond motifs is 1. The lowest BCUT2D eigenvalue weighted by atomic mass is 9.97. The monoisotopic (exact) mass is 399 g/mol. The van der Waals surface area contributed by atoms with Gasteiger partial charge in [-0.1, -0.05) is 18.2 Å². The zero-order valence-electron chi connectivity index (χ0n) is 16.5. The highest BCUT2D eigenvalue weighted by molar-refractivity contribution is 5.92. The molecule has 0 saturated carbocycles. The Labute approximate surface area is 167 Å². The van der Waals surface area contributed by atoms with Gasteiger partial charge in [-0.25, -0.2) is 8.78 Å². The number of alkyl halides is 2. The van der Waals surface area contributed by atoms with Gasteiger partial charge >= 0.3 is 0 Å². The molecule has 0 unspecified atom stereocenters. The molecule has 0 bridgehead atoms. The van der Waals surface area contributed by atoms with Crippen LogP contribution in [0.15, 0.2) is 30.5 Å². The second kappa shape index (κ2) is 7.51. The number of pyridine rings is 1. The predicted octanol–water partition coefficient (Wildman–Crippen LogP) is 3.93. The van der Waals surface area contributed by atoms with E-state index in [2.05, 4.69) is 20.5 Å². The summed E-state index contributed by atoms with van der Waals surface area (Å²) in [5.74, 6) is 0.551. The molecular weight excluding hydrogens is 376 g/mol. The molecular formula is C21H23F2N5O. The molecule has 0 radical (unpaired) electrons. The third-order valence-corrected chi connectivity index (χ3v) is 5.47. The van der Waals surface area contributed by atoms with E-state index in [-0.39, 0.29) is 17.7 Å². The first-order valence-electron chi connectivity index (χ1n) is 9.55. The second-order valence-electron chi connectivity index (χ2n) is 7.51. The van der Waals surface area contributed by atoms with Crippen LogP contribution in [0.2, 0.25) is 0 Å². The van der Waals surface area contributed by atoms with E-state index in [1.807, 2.05) is 30.9 Å². The highest BCUT2D eigenvalue weighted by Crippen LogP contribution is 2.32. The van der Waals surface area contributed by atoms with E-state index >= 15 is 0 Å². The number of rotatable bonds is 5. The van der Waals surface area contributed by atoms with E-state index in [9.17, 15) is 13.9 Å². The number of aliphatic hydroxyl groups excluding tert-OH is 1. The summed E-state index contributed by atoms with van der Waals surface area (Å²) in [5.41, 5.74) is 3.74. The van der Waals surface area contributed by atoms with Crippen molar-refractivity contribution in [2.75, 3.05) is 23.3 Å². The molecule has 1 saturated heterocycles. The van der Waals surface area contributed by atoms with E-state index in [1.165, 1.54) is 6.07 Å². The van der Waals surface area contributed by atoms with Crippen molar-refractivity contribution in [2.45, 2.75) is 39.3 Å². The maximum Gasteiger partial charge on any atom is 0.264 e. The fraction of sp³-hybridized carbons (Fsp3) is 0.381. The number of hydrogen-bond acceptors (Lipinski definition) is 6. The lowest BCUT2D eigenvalue weighted by molar-refractivity contribution is 0.142. The van der Waals surface area contributed by atoms with Crippen LogP contribution in [0.4, 0.5) is 20.3 Å². The Kier molecular flexibility index (Phi) is 5.04. The lowest BCUT2D eigenvalue weighted by Crippen LogP contribution is -2.50. The summed E-state index contributed by atoms with van der Waals surface area (Å²) in [7, 11) is 0. The van der Waals surface area contributed by atoms with Crippen molar-refractivity contribution < 1.29 is 13.9 Å². The molecule has 29 heavy (non-hydrogen) atoms. The van der Waals surface area contributed by atoms with Crippen LogP contribution in [0, 0.1) is 13.8 Å². The van der Waals surface area contributed by atoms with Crippen molar-refractivity contribution in [3.63, 3.8) is 0 Å². The molecule has 0 amide bonds. The van der Waals surface area contributed by atoms with Crippen LogP contribution < -0.4 is 10.2 Å². The molecule has 0 aliphatic carbocycles. The Morgan fingerprint density at radius 3 is 2.59 bits per heavy atom. The molecule has 152 valence electrons. The molecule has 1 aliphatic heterocycles. The molecule has 2 N–H and O–H groups in total. The van der Waals surface area contributed by atoms with Crippen LogP contribution in [0.25, 0.3) is 10.9 Å². The standard InChI is InChI=1S/C21H23F2N5O/c1-11-16(5-4-6-17(11)20(22)23)12(2)25-21-18-7-14(28-9-15(29)10-28)8-24-19(18)13(3)26-27-21/h4-8,12,15,20,29H,9-10H2,1-3H3,(H,25,27)/t12-/m1/s1. The Balaban J connectivity index is 1.69. The molecule has 3 heterocycles. The molecule has 8 heteroatoms. The van der Waals surface area contributed by atoms with E-state index in [0.717, 1.165) is 22.2 Å². The first-order chi connectivity index (χ1) is 13.8. The number of nitrogens with one attached hydrogen (secondary N) is 1. The van der Waals surface area contributed by atoms with Gasteiger partial charge < -0.3 is 15.3 Å². The van der Waals surface area contributed by atoms with Gasteiger partial charge in [-0.2, -0.15) is 5.10 Å². The topological polar surface area (TPSA) is 74.2 Å². The third kappa shape index (κ3) is 3.60. The van der Waals surface area contributed by atoms with Gasteiger partial charge in [0.1, 0.15) is 0 Å². The van der Waals surface area contributed by atoms with E-state index in [1.54, 1.807) is 19.2 Å². The fourth-order valence-electron chi connectivity index (χ4n) is 3.75. The normalized spacial score (nSPS) is 15.6. The van der Waals surface area contributed by atoms with Gasteiger partial charge in [0.15, 0.2) is 5.82 Å². The number of β-amino-alcohol motifs (C(OH)–C–C–N with tert-alkyl or cyclic N) is 1. The van der Waals surface area contributed by atoms with Gasteiger partial charge in [-0.15, -0.1) is 5.10 Å². The number of anilines is 2. The molecule has 1 aromatic carbocycles. The summed E-state index contributed by atoms with van der Waals surface area (Å²) in [4.78, 5) is 6.58. The number of halogens is 2. The highest BCUT2D eigenvalue weighted by Gasteiger charge is 2.25. The largest absolute Gasteiger partial charge is 0.389 e. The average Bonchev–Trinajstić information content (AvgIpc) is 2.67. The van der Waals surface area contributed by atoms with Gasteiger partial charge in [0.2, 0.25) is 0 Å². The van der Waals surface area contributed by atoms with Gasteiger partial charge in [0, 0.05) is 24.0 Å². The molecule has 2 aromatic heterocycles. The summed E-state index contributed by atoms with van der Waals surface area (Å²) in [5, 5.41) is 22.2. The summed E-state index contributed by atoms with van der Waals surface area (Å²) < 4.78 is 26.5. The maximum atomic E-state index is 13.3. The van der Waals surface area contributed by atoms with Crippen molar-refractivity contribution in [3.05, 3.63) is 52.8 Å². The van der Waals surface area contributed by atoms with Crippen molar-refractivity contribution >= 4 is 22.4 Å². The second-order valence-corrected chi connectivity index (χ2v) is 7.51. The quantitative estimate of drug-likeness (QED) is 0.677. The first kappa shape index (κ1) is 19.4. The lowest BCUT2D eigenvalue weighted by Gasteiger charge is -2.37.